The lowest BCUT2D eigenvalue weighted by Crippen LogP contribution is -2.56. The Kier molecular flexibility index (Phi) is 8.16. The quantitative estimate of drug-likeness (QED) is 0.193. The van der Waals surface area contributed by atoms with Gasteiger partial charge < -0.3 is 23.8 Å². The fourth-order valence-electron chi connectivity index (χ4n) is 6.83. The average Bonchev–Trinajstić information content (AvgIpc) is 3.51. The number of carbonyl (C=O) groups is 1. The molecule has 10 nitrogen and oxygen atoms in total. The summed E-state index contributed by atoms with van der Waals surface area (Å²) in [6.45, 7) is 2.93. The number of hydrogen-bond acceptors (Lipinski definition) is 8. The van der Waals surface area contributed by atoms with Gasteiger partial charge in [-0.2, -0.15) is 5.10 Å². The van der Waals surface area contributed by atoms with Crippen LogP contribution in [0.25, 0.3) is 32.8 Å². The lowest BCUT2D eigenvalue weighted by atomic mass is 9.87. The van der Waals surface area contributed by atoms with Gasteiger partial charge in [0.15, 0.2) is 6.23 Å². The molecule has 0 saturated carbocycles. The molecule has 6 heterocycles. The molecule has 1 unspecified atom stereocenters. The number of rotatable bonds is 7. The van der Waals surface area contributed by atoms with Crippen LogP contribution in [0.4, 0.5) is 9.18 Å². The summed E-state index contributed by atoms with van der Waals surface area (Å²) in [5.41, 5.74) is 4.19. The molecule has 1 amide bonds. The van der Waals surface area contributed by atoms with Crippen molar-refractivity contribution in [2.45, 2.75) is 57.0 Å². The van der Waals surface area contributed by atoms with Crippen molar-refractivity contribution in [3.05, 3.63) is 84.2 Å². The van der Waals surface area contributed by atoms with E-state index in [0.29, 0.717) is 44.4 Å². The highest BCUT2D eigenvalue weighted by atomic mass is 19.1. The van der Waals surface area contributed by atoms with Gasteiger partial charge in [0.1, 0.15) is 18.5 Å². The first kappa shape index (κ1) is 29.8. The van der Waals surface area contributed by atoms with E-state index in [1.807, 2.05) is 41.2 Å². The molecular weight excluding hydrogens is 601 g/mol. The topological polar surface area (TPSA) is 101 Å². The number of hydrogen-bond donors (Lipinski definition) is 0. The first-order chi connectivity index (χ1) is 23.1. The van der Waals surface area contributed by atoms with Crippen molar-refractivity contribution in [3.8, 4) is 17.0 Å². The molecule has 3 aliphatic heterocycles. The third kappa shape index (κ3) is 6.01. The molecule has 242 valence electrons. The minimum absolute atomic E-state index is 0.0914. The third-order valence-electron chi connectivity index (χ3n) is 9.33. The van der Waals surface area contributed by atoms with E-state index in [0.717, 1.165) is 70.6 Å². The number of aromatic nitrogens is 4. The lowest BCUT2D eigenvalue weighted by molar-refractivity contribution is -0.0366. The van der Waals surface area contributed by atoms with Gasteiger partial charge in [0, 0.05) is 53.8 Å². The van der Waals surface area contributed by atoms with Gasteiger partial charge in [0.25, 0.3) is 0 Å². The molecule has 0 radical (unpaired) electrons. The Bertz CT molecular complexity index is 1900. The zero-order valence-corrected chi connectivity index (χ0v) is 26.0. The maximum Gasteiger partial charge on any atom is 0.410 e. The second-order valence-corrected chi connectivity index (χ2v) is 12.5. The van der Waals surface area contributed by atoms with E-state index in [1.54, 1.807) is 11.1 Å². The second kappa shape index (κ2) is 12.9. The van der Waals surface area contributed by atoms with Gasteiger partial charge in [-0.1, -0.05) is 30.3 Å². The van der Waals surface area contributed by atoms with E-state index >= 15 is 0 Å². The molecule has 0 bridgehead atoms. The summed E-state index contributed by atoms with van der Waals surface area (Å²) in [5, 5.41) is 7.36. The molecule has 11 heteroatoms. The molecule has 47 heavy (non-hydrogen) atoms. The van der Waals surface area contributed by atoms with Gasteiger partial charge in [0.05, 0.1) is 36.7 Å². The Balaban J connectivity index is 1.17. The first-order valence-corrected chi connectivity index (χ1v) is 16.4. The number of fused-ring (bicyclic) bond motifs is 2. The predicted octanol–water partition coefficient (Wildman–Crippen LogP) is 6.78. The summed E-state index contributed by atoms with van der Waals surface area (Å²) in [4.78, 5) is 23.8. The molecule has 3 fully saturated rings. The number of halogens is 1. The fraction of sp³-hybridized carbons (Fsp3) is 0.389. The highest BCUT2D eigenvalue weighted by Crippen LogP contribution is 2.43. The van der Waals surface area contributed by atoms with Crippen LogP contribution >= 0.6 is 0 Å². The monoisotopic (exact) mass is 637 g/mol. The van der Waals surface area contributed by atoms with Crippen LogP contribution in [-0.4, -0.2) is 69.8 Å². The molecule has 8 rings (SSSR count). The van der Waals surface area contributed by atoms with Crippen molar-refractivity contribution in [1.29, 1.82) is 0 Å². The van der Waals surface area contributed by atoms with Gasteiger partial charge in [-0.3, -0.25) is 4.98 Å². The summed E-state index contributed by atoms with van der Waals surface area (Å²) in [6, 6.07) is 15.3. The lowest BCUT2D eigenvalue weighted by Gasteiger charge is -2.38. The Morgan fingerprint density at radius 3 is 2.60 bits per heavy atom. The minimum atomic E-state index is -0.411. The van der Waals surface area contributed by atoms with Crippen LogP contribution in [0.3, 0.4) is 0 Å². The molecule has 0 aliphatic carbocycles. The molecule has 5 aromatic rings. The molecule has 3 saturated heterocycles. The average molecular weight is 638 g/mol. The number of likely N-dealkylation sites (tertiary alicyclic amines) is 1. The zero-order valence-electron chi connectivity index (χ0n) is 26.0. The van der Waals surface area contributed by atoms with Crippen LogP contribution in [0, 0.1) is 5.82 Å². The van der Waals surface area contributed by atoms with E-state index in [1.165, 1.54) is 12.3 Å². The summed E-state index contributed by atoms with van der Waals surface area (Å²) < 4.78 is 40.5. The molecule has 3 aromatic heterocycles. The highest BCUT2D eigenvalue weighted by Gasteiger charge is 2.35. The molecule has 1 atom stereocenters. The van der Waals surface area contributed by atoms with E-state index < -0.39 is 5.82 Å². The smallest absolute Gasteiger partial charge is 0.410 e. The standard InChI is InChI=1S/C36H36FN5O5/c37-27-14-26(17-38-19-27)33-29-15-25-18-39-42(32-8-4-5-11-45-32)31(25)16-30(29)35(40-34(33)24-9-12-44-13-10-24)47-28-20-41(21-28)36(43)46-22-23-6-2-1-3-7-23/h1-3,6-7,14-19,24,28,32H,4-5,8-13,20-22H2. The van der Waals surface area contributed by atoms with Crippen molar-refractivity contribution in [2.75, 3.05) is 32.9 Å². The molecule has 0 N–H and O–H groups in total. The van der Waals surface area contributed by atoms with Crippen molar-refractivity contribution in [2.24, 2.45) is 0 Å². The Hall–Kier alpha value is -4.61. The van der Waals surface area contributed by atoms with Crippen LogP contribution in [0.1, 0.15) is 55.5 Å². The number of benzene rings is 2. The summed E-state index contributed by atoms with van der Waals surface area (Å²) in [6.07, 6.45) is 8.56. The van der Waals surface area contributed by atoms with Gasteiger partial charge in [-0.25, -0.2) is 18.9 Å². The van der Waals surface area contributed by atoms with Gasteiger partial charge in [0.2, 0.25) is 5.88 Å². The predicted molar refractivity (Wildman–Crippen MR) is 172 cm³/mol. The summed E-state index contributed by atoms with van der Waals surface area (Å²) in [7, 11) is 0. The van der Waals surface area contributed by atoms with Crippen LogP contribution < -0.4 is 4.74 Å². The Morgan fingerprint density at radius 2 is 1.81 bits per heavy atom. The molecule has 0 spiro atoms. The van der Waals surface area contributed by atoms with E-state index in [4.69, 9.17) is 29.0 Å². The minimum Gasteiger partial charge on any atom is -0.470 e. The van der Waals surface area contributed by atoms with Crippen molar-refractivity contribution >= 4 is 27.8 Å². The van der Waals surface area contributed by atoms with Gasteiger partial charge in [-0.15, -0.1) is 0 Å². The van der Waals surface area contributed by atoms with Gasteiger partial charge in [-0.05, 0) is 61.3 Å². The fourth-order valence-corrected chi connectivity index (χ4v) is 6.83. The van der Waals surface area contributed by atoms with Crippen molar-refractivity contribution in [1.82, 2.24) is 24.6 Å². The van der Waals surface area contributed by atoms with Crippen LogP contribution in [-0.2, 0) is 20.8 Å². The third-order valence-corrected chi connectivity index (χ3v) is 9.33. The number of nitrogens with zero attached hydrogens (tertiary/aromatic N) is 5. The van der Waals surface area contributed by atoms with E-state index in [2.05, 4.69) is 17.1 Å². The van der Waals surface area contributed by atoms with Gasteiger partial charge >= 0.3 is 6.09 Å². The molecular formula is C36H36FN5O5. The summed E-state index contributed by atoms with van der Waals surface area (Å²) in [5.74, 6) is 0.163. The van der Waals surface area contributed by atoms with Crippen molar-refractivity contribution in [3.63, 3.8) is 0 Å². The Labute approximate surface area is 271 Å². The van der Waals surface area contributed by atoms with Crippen LogP contribution in [0.15, 0.2) is 67.1 Å². The largest absolute Gasteiger partial charge is 0.470 e. The number of pyridine rings is 2. The normalized spacial score (nSPS) is 19.2. The van der Waals surface area contributed by atoms with Crippen LogP contribution in [0.2, 0.25) is 0 Å². The zero-order chi connectivity index (χ0) is 31.7. The molecule has 3 aliphatic rings. The second-order valence-electron chi connectivity index (χ2n) is 12.5. The summed E-state index contributed by atoms with van der Waals surface area (Å²) >= 11 is 0. The number of carbonyl (C=O) groups excluding carboxylic acids is 1. The Morgan fingerprint density at radius 1 is 0.957 bits per heavy atom. The SMILES string of the molecule is O=C(OCc1ccccc1)N1CC(Oc2nc(C3CCOCC3)c(-c3cncc(F)c3)c3cc4cnn(C5CCCCO5)c4cc23)C1. The van der Waals surface area contributed by atoms with E-state index in [-0.39, 0.29) is 30.9 Å². The number of amides is 1. The first-order valence-electron chi connectivity index (χ1n) is 16.4. The van der Waals surface area contributed by atoms with Crippen molar-refractivity contribution < 1.29 is 28.1 Å². The maximum atomic E-state index is 14.6. The maximum absolute atomic E-state index is 14.6. The number of ether oxygens (including phenoxy) is 4. The molecule has 2 aromatic carbocycles. The van der Waals surface area contributed by atoms with Crippen LogP contribution in [0.5, 0.6) is 5.88 Å². The highest BCUT2D eigenvalue weighted by molar-refractivity contribution is 6.06. The van der Waals surface area contributed by atoms with E-state index in [9.17, 15) is 9.18 Å².